The molecule has 0 saturated carbocycles. The maximum absolute atomic E-state index is 12.1. The molecular weight excluding hydrogens is 294 g/mol. The molecule has 6 nitrogen and oxygen atoms in total. The number of carbonyl (C=O) groups is 1. The van der Waals surface area contributed by atoms with Gasteiger partial charge in [-0.25, -0.2) is 0 Å². The lowest BCUT2D eigenvalue weighted by Crippen LogP contribution is -2.13. The van der Waals surface area contributed by atoms with Crippen LogP contribution in [0.2, 0.25) is 5.02 Å². The zero-order valence-electron chi connectivity index (χ0n) is 10.5. The average Bonchev–Trinajstić information content (AvgIpc) is 2.47. The van der Waals surface area contributed by atoms with Crippen LogP contribution in [0.3, 0.4) is 0 Å². The Morgan fingerprint density at radius 2 is 2.05 bits per heavy atom. The van der Waals surface area contributed by atoms with Crippen LogP contribution in [0.5, 0.6) is 0 Å². The number of nitro benzene ring substituents is 1. The number of benzene rings is 2. The van der Waals surface area contributed by atoms with Crippen molar-refractivity contribution in [3.8, 4) is 6.07 Å². The van der Waals surface area contributed by atoms with Gasteiger partial charge in [0.05, 0.1) is 16.6 Å². The molecular formula is C14H8ClN3O3. The summed E-state index contributed by atoms with van der Waals surface area (Å²) in [6, 6.07) is 11.8. The molecule has 0 aliphatic heterocycles. The molecule has 0 radical (unpaired) electrons. The van der Waals surface area contributed by atoms with Crippen molar-refractivity contribution in [2.24, 2.45) is 0 Å². The summed E-state index contributed by atoms with van der Waals surface area (Å²) in [6.07, 6.45) is 0. The van der Waals surface area contributed by atoms with E-state index in [0.717, 1.165) is 0 Å². The minimum absolute atomic E-state index is 0.000129. The first kappa shape index (κ1) is 14.5. The van der Waals surface area contributed by atoms with E-state index in [1.165, 1.54) is 30.3 Å². The van der Waals surface area contributed by atoms with Crippen molar-refractivity contribution in [2.45, 2.75) is 0 Å². The summed E-state index contributed by atoms with van der Waals surface area (Å²) >= 11 is 5.78. The van der Waals surface area contributed by atoms with Crippen molar-refractivity contribution in [3.63, 3.8) is 0 Å². The molecule has 0 aliphatic rings. The van der Waals surface area contributed by atoms with Crippen LogP contribution in [0, 0.1) is 21.4 Å². The zero-order valence-corrected chi connectivity index (χ0v) is 11.3. The van der Waals surface area contributed by atoms with E-state index in [9.17, 15) is 14.9 Å². The third-order valence-electron chi connectivity index (χ3n) is 2.66. The molecule has 0 saturated heterocycles. The smallest absolute Gasteiger partial charge is 0.292 e. The van der Waals surface area contributed by atoms with Crippen LogP contribution in [-0.2, 0) is 0 Å². The third-order valence-corrected chi connectivity index (χ3v) is 2.89. The van der Waals surface area contributed by atoms with Gasteiger partial charge in [0.2, 0.25) is 0 Å². The first-order valence-electron chi connectivity index (χ1n) is 5.76. The fraction of sp³-hybridized carbons (Fsp3) is 0. The maximum atomic E-state index is 12.1. The zero-order chi connectivity index (χ0) is 15.4. The normalized spacial score (nSPS) is 9.71. The molecule has 1 amide bonds. The number of nitro groups is 1. The standard InChI is InChI=1S/C14H8ClN3O3/c15-11-4-5-13(18(20)21)12(7-11)17-14(19)10-3-1-2-9(6-10)8-16/h1-7H,(H,17,19). The highest BCUT2D eigenvalue weighted by molar-refractivity contribution is 6.31. The fourth-order valence-electron chi connectivity index (χ4n) is 1.69. The van der Waals surface area contributed by atoms with Crippen molar-refractivity contribution in [3.05, 3.63) is 68.7 Å². The molecule has 7 heteroatoms. The molecule has 0 aromatic heterocycles. The summed E-state index contributed by atoms with van der Waals surface area (Å²) in [7, 11) is 0. The number of nitrogens with zero attached hydrogens (tertiary/aromatic N) is 2. The predicted molar refractivity (Wildman–Crippen MR) is 77.2 cm³/mol. The summed E-state index contributed by atoms with van der Waals surface area (Å²) in [5.74, 6) is -0.558. The van der Waals surface area contributed by atoms with Gasteiger partial charge >= 0.3 is 0 Å². The molecule has 2 aromatic rings. The van der Waals surface area contributed by atoms with Crippen molar-refractivity contribution < 1.29 is 9.72 Å². The van der Waals surface area contributed by atoms with E-state index < -0.39 is 10.8 Å². The number of hydrogen-bond donors (Lipinski definition) is 1. The molecule has 0 bridgehead atoms. The first-order valence-corrected chi connectivity index (χ1v) is 6.14. The molecule has 0 atom stereocenters. The Kier molecular flexibility index (Phi) is 4.16. The molecule has 104 valence electrons. The van der Waals surface area contributed by atoms with Crippen LogP contribution in [0.15, 0.2) is 42.5 Å². The SMILES string of the molecule is N#Cc1cccc(C(=O)Nc2cc(Cl)ccc2[N+](=O)[O-])c1. The largest absolute Gasteiger partial charge is 0.316 e. The quantitative estimate of drug-likeness (QED) is 0.694. The van der Waals surface area contributed by atoms with Gasteiger partial charge in [0.1, 0.15) is 5.69 Å². The predicted octanol–water partition coefficient (Wildman–Crippen LogP) is 3.37. The fourth-order valence-corrected chi connectivity index (χ4v) is 1.86. The van der Waals surface area contributed by atoms with Crippen LogP contribution in [0.4, 0.5) is 11.4 Å². The lowest BCUT2D eigenvalue weighted by Gasteiger charge is -2.06. The van der Waals surface area contributed by atoms with Crippen LogP contribution >= 0.6 is 11.6 Å². The van der Waals surface area contributed by atoms with Crippen molar-refractivity contribution in [1.82, 2.24) is 0 Å². The summed E-state index contributed by atoms with van der Waals surface area (Å²) in [5, 5.41) is 22.4. The summed E-state index contributed by atoms with van der Waals surface area (Å²) in [6.45, 7) is 0. The second kappa shape index (κ2) is 6.03. The molecule has 1 N–H and O–H groups in total. The summed E-state index contributed by atoms with van der Waals surface area (Å²) in [5.41, 5.74) is 0.288. The van der Waals surface area contributed by atoms with E-state index >= 15 is 0 Å². The second-order valence-corrected chi connectivity index (χ2v) is 4.50. The van der Waals surface area contributed by atoms with Gasteiger partial charge in [-0.2, -0.15) is 5.26 Å². The van der Waals surface area contributed by atoms with Crippen molar-refractivity contribution in [2.75, 3.05) is 5.32 Å². The maximum Gasteiger partial charge on any atom is 0.292 e. The minimum Gasteiger partial charge on any atom is -0.316 e. The summed E-state index contributed by atoms with van der Waals surface area (Å²) in [4.78, 5) is 22.4. The Bertz CT molecular complexity index is 768. The first-order chi connectivity index (χ1) is 10.0. The number of nitrogens with one attached hydrogen (secondary N) is 1. The van der Waals surface area contributed by atoms with Gasteiger partial charge in [-0.1, -0.05) is 17.7 Å². The molecule has 0 heterocycles. The van der Waals surface area contributed by atoms with Gasteiger partial charge in [0, 0.05) is 16.7 Å². The van der Waals surface area contributed by atoms with E-state index in [1.807, 2.05) is 6.07 Å². The Balaban J connectivity index is 2.33. The minimum atomic E-state index is -0.613. The molecule has 2 aromatic carbocycles. The molecule has 0 aliphatic carbocycles. The highest BCUT2D eigenvalue weighted by Gasteiger charge is 2.17. The van der Waals surface area contributed by atoms with E-state index in [2.05, 4.69) is 5.32 Å². The van der Waals surface area contributed by atoms with Crippen molar-refractivity contribution >= 4 is 28.9 Å². The number of amides is 1. The van der Waals surface area contributed by atoms with Crippen LogP contribution < -0.4 is 5.32 Å². The molecule has 0 spiro atoms. The highest BCUT2D eigenvalue weighted by Crippen LogP contribution is 2.28. The van der Waals surface area contributed by atoms with Crippen LogP contribution in [0.1, 0.15) is 15.9 Å². The Morgan fingerprint density at radius 3 is 2.71 bits per heavy atom. The van der Waals surface area contributed by atoms with Gasteiger partial charge in [-0.3, -0.25) is 14.9 Å². The Hall–Kier alpha value is -2.91. The lowest BCUT2D eigenvalue weighted by atomic mass is 10.1. The molecule has 0 unspecified atom stereocenters. The van der Waals surface area contributed by atoms with E-state index in [0.29, 0.717) is 5.56 Å². The number of hydrogen-bond acceptors (Lipinski definition) is 4. The van der Waals surface area contributed by atoms with Gasteiger partial charge in [-0.05, 0) is 30.3 Å². The van der Waals surface area contributed by atoms with Gasteiger partial charge in [0.25, 0.3) is 11.6 Å². The van der Waals surface area contributed by atoms with Gasteiger partial charge in [-0.15, -0.1) is 0 Å². The van der Waals surface area contributed by atoms with Crippen LogP contribution in [-0.4, -0.2) is 10.8 Å². The Morgan fingerprint density at radius 1 is 1.29 bits per heavy atom. The highest BCUT2D eigenvalue weighted by atomic mass is 35.5. The Labute approximate surface area is 124 Å². The van der Waals surface area contributed by atoms with E-state index in [1.54, 1.807) is 12.1 Å². The number of carbonyl (C=O) groups excluding carboxylic acids is 1. The molecule has 2 rings (SSSR count). The van der Waals surface area contributed by atoms with Gasteiger partial charge in [0.15, 0.2) is 0 Å². The van der Waals surface area contributed by atoms with Crippen LogP contribution in [0.25, 0.3) is 0 Å². The summed E-state index contributed by atoms with van der Waals surface area (Å²) < 4.78 is 0. The molecule has 21 heavy (non-hydrogen) atoms. The third kappa shape index (κ3) is 3.35. The lowest BCUT2D eigenvalue weighted by molar-refractivity contribution is -0.383. The number of nitriles is 1. The average molecular weight is 302 g/mol. The van der Waals surface area contributed by atoms with Gasteiger partial charge < -0.3 is 5.32 Å². The van der Waals surface area contributed by atoms with Crippen molar-refractivity contribution in [1.29, 1.82) is 5.26 Å². The molecule has 0 fully saturated rings. The second-order valence-electron chi connectivity index (χ2n) is 4.07. The van der Waals surface area contributed by atoms with E-state index in [-0.39, 0.29) is 22.0 Å². The monoisotopic (exact) mass is 301 g/mol. The topological polar surface area (TPSA) is 96.0 Å². The number of rotatable bonds is 3. The number of anilines is 1. The van der Waals surface area contributed by atoms with E-state index in [4.69, 9.17) is 16.9 Å². The number of halogens is 1.